The molecule has 0 aromatic carbocycles. The Morgan fingerprint density at radius 3 is 2.54 bits per heavy atom. The van der Waals surface area contributed by atoms with E-state index in [0.29, 0.717) is 30.8 Å². The number of ether oxygens (including phenoxy) is 1. The maximum Gasteiger partial charge on any atom is 0.240 e. The minimum absolute atomic E-state index is 0.169. The minimum Gasteiger partial charge on any atom is -0.371 e. The van der Waals surface area contributed by atoms with Crippen LogP contribution in [0.5, 0.6) is 0 Å². The first kappa shape index (κ1) is 17.0. The molecule has 1 aliphatic carbocycles. The second-order valence-corrected chi connectivity index (χ2v) is 6.15. The molecular weight excluding hydrogens is 310 g/mol. The van der Waals surface area contributed by atoms with Crippen molar-refractivity contribution in [3.05, 3.63) is 23.4 Å². The third kappa shape index (κ3) is 3.49. The van der Waals surface area contributed by atoms with E-state index in [0.717, 1.165) is 37.9 Å². The maximum atomic E-state index is 5.49. The van der Waals surface area contributed by atoms with Crippen molar-refractivity contribution in [3.63, 3.8) is 0 Å². The molecule has 132 valence electrons. The van der Waals surface area contributed by atoms with Gasteiger partial charge in [0.05, 0.1) is 12.1 Å². The lowest BCUT2D eigenvalue weighted by atomic mass is 9.96. The van der Waals surface area contributed by atoms with Crippen LogP contribution in [-0.2, 0) is 23.2 Å². The number of aryl methyl sites for hydroxylation is 1. The first-order chi connectivity index (χ1) is 11.7. The molecule has 2 heterocycles. The summed E-state index contributed by atoms with van der Waals surface area (Å²) in [6, 6.07) is 0. The molecule has 0 aliphatic heterocycles. The largest absolute Gasteiger partial charge is 0.371 e. The Bertz CT molecular complexity index is 648. The Balaban J connectivity index is 1.69. The van der Waals surface area contributed by atoms with Gasteiger partial charge in [0.1, 0.15) is 6.10 Å². The third-order valence-corrected chi connectivity index (χ3v) is 4.50. The van der Waals surface area contributed by atoms with Gasteiger partial charge in [-0.3, -0.25) is 5.32 Å². The highest BCUT2D eigenvalue weighted by Crippen LogP contribution is 2.37. The van der Waals surface area contributed by atoms with Gasteiger partial charge in [0, 0.05) is 13.0 Å². The van der Waals surface area contributed by atoms with Crippen LogP contribution in [-0.4, -0.2) is 26.9 Å². The molecule has 24 heavy (non-hydrogen) atoms. The average molecular weight is 335 g/mol. The summed E-state index contributed by atoms with van der Waals surface area (Å²) in [6.07, 6.45) is 4.81. The number of hydrogen-bond donors (Lipinski definition) is 1. The fraction of sp³-hybridized carbons (Fsp3) is 0.750. The van der Waals surface area contributed by atoms with Crippen molar-refractivity contribution >= 4 is 0 Å². The molecule has 0 amide bonds. The normalized spacial score (nSPS) is 18.1. The van der Waals surface area contributed by atoms with Gasteiger partial charge in [-0.25, -0.2) is 0 Å². The van der Waals surface area contributed by atoms with Crippen molar-refractivity contribution in [2.24, 2.45) is 0 Å². The van der Waals surface area contributed by atoms with E-state index in [2.05, 4.69) is 25.6 Å². The van der Waals surface area contributed by atoms with E-state index in [1.165, 1.54) is 0 Å². The molecular formula is C16H25N5O3. The lowest BCUT2D eigenvalue weighted by Gasteiger charge is -2.25. The summed E-state index contributed by atoms with van der Waals surface area (Å²) in [5.41, 5.74) is -0.267. The second kappa shape index (κ2) is 7.40. The van der Waals surface area contributed by atoms with Crippen molar-refractivity contribution < 1.29 is 13.8 Å². The molecule has 0 saturated heterocycles. The summed E-state index contributed by atoms with van der Waals surface area (Å²) in [6.45, 7) is 6.95. The number of aromatic nitrogens is 4. The molecule has 1 aliphatic rings. The SMILES string of the molecule is CCO[C@H](C)c1noc(CNC2(c3noc(CC)n3)CCCC2)n1. The van der Waals surface area contributed by atoms with Crippen LogP contribution >= 0.6 is 0 Å². The molecule has 2 aromatic rings. The molecule has 0 radical (unpaired) electrons. The highest BCUT2D eigenvalue weighted by molar-refractivity contribution is 5.08. The van der Waals surface area contributed by atoms with Gasteiger partial charge < -0.3 is 13.8 Å². The number of hydrogen-bond acceptors (Lipinski definition) is 8. The van der Waals surface area contributed by atoms with Crippen molar-refractivity contribution in [2.75, 3.05) is 6.61 Å². The molecule has 1 saturated carbocycles. The molecule has 0 spiro atoms. The topological polar surface area (TPSA) is 99.1 Å². The highest BCUT2D eigenvalue weighted by atomic mass is 16.5. The monoisotopic (exact) mass is 335 g/mol. The zero-order valence-corrected chi connectivity index (χ0v) is 14.5. The zero-order chi connectivity index (χ0) is 17.0. The Morgan fingerprint density at radius 1 is 1.12 bits per heavy atom. The van der Waals surface area contributed by atoms with E-state index in [1.807, 2.05) is 20.8 Å². The summed E-state index contributed by atoms with van der Waals surface area (Å²) in [5, 5.41) is 11.7. The van der Waals surface area contributed by atoms with Gasteiger partial charge in [0.2, 0.25) is 11.8 Å². The fourth-order valence-corrected chi connectivity index (χ4v) is 3.13. The zero-order valence-electron chi connectivity index (χ0n) is 14.5. The maximum absolute atomic E-state index is 5.49. The molecule has 2 aromatic heterocycles. The van der Waals surface area contributed by atoms with Crippen LogP contribution in [0.15, 0.2) is 9.05 Å². The Hall–Kier alpha value is -1.80. The molecule has 3 rings (SSSR count). The molecule has 8 heteroatoms. The van der Waals surface area contributed by atoms with Crippen LogP contribution in [0.25, 0.3) is 0 Å². The van der Waals surface area contributed by atoms with Crippen molar-refractivity contribution in [3.8, 4) is 0 Å². The average Bonchev–Trinajstić information content (AvgIpc) is 3.32. The molecule has 1 atom stereocenters. The lowest BCUT2D eigenvalue weighted by molar-refractivity contribution is 0.0683. The molecule has 1 N–H and O–H groups in total. The summed E-state index contributed by atoms with van der Waals surface area (Å²) in [7, 11) is 0. The summed E-state index contributed by atoms with van der Waals surface area (Å²) in [4.78, 5) is 8.93. The van der Waals surface area contributed by atoms with Gasteiger partial charge in [-0.1, -0.05) is 30.1 Å². The van der Waals surface area contributed by atoms with Crippen LogP contribution in [0.1, 0.15) is 76.0 Å². The van der Waals surface area contributed by atoms with Gasteiger partial charge in [-0.2, -0.15) is 9.97 Å². The molecule has 8 nitrogen and oxygen atoms in total. The van der Waals surface area contributed by atoms with E-state index >= 15 is 0 Å². The molecule has 1 fully saturated rings. The van der Waals surface area contributed by atoms with Crippen LogP contribution in [0.3, 0.4) is 0 Å². The number of nitrogens with zero attached hydrogens (tertiary/aromatic N) is 4. The lowest BCUT2D eigenvalue weighted by Crippen LogP contribution is -2.40. The highest BCUT2D eigenvalue weighted by Gasteiger charge is 2.40. The van der Waals surface area contributed by atoms with E-state index in [4.69, 9.17) is 13.8 Å². The smallest absolute Gasteiger partial charge is 0.240 e. The summed E-state index contributed by atoms with van der Waals surface area (Å²) in [5.74, 6) is 2.52. The van der Waals surface area contributed by atoms with Gasteiger partial charge in [-0.15, -0.1) is 0 Å². The van der Waals surface area contributed by atoms with Crippen LogP contribution in [0, 0.1) is 0 Å². The van der Waals surface area contributed by atoms with E-state index < -0.39 is 0 Å². The van der Waals surface area contributed by atoms with E-state index in [1.54, 1.807) is 0 Å². The van der Waals surface area contributed by atoms with Crippen molar-refractivity contribution in [2.45, 2.75) is 71.1 Å². The molecule has 0 unspecified atom stereocenters. The predicted molar refractivity (Wildman–Crippen MR) is 85.0 cm³/mol. The summed E-state index contributed by atoms with van der Waals surface area (Å²) < 4.78 is 16.1. The third-order valence-electron chi connectivity index (χ3n) is 4.50. The number of nitrogens with one attached hydrogen (secondary N) is 1. The Labute approximate surface area is 141 Å². The van der Waals surface area contributed by atoms with Crippen molar-refractivity contribution in [1.82, 2.24) is 25.6 Å². The molecule has 0 bridgehead atoms. The Morgan fingerprint density at radius 2 is 1.88 bits per heavy atom. The quantitative estimate of drug-likeness (QED) is 0.786. The second-order valence-electron chi connectivity index (χ2n) is 6.15. The fourth-order valence-electron chi connectivity index (χ4n) is 3.13. The van der Waals surface area contributed by atoms with Gasteiger partial charge >= 0.3 is 0 Å². The van der Waals surface area contributed by atoms with Gasteiger partial charge in [0.25, 0.3) is 0 Å². The minimum atomic E-state index is -0.267. The van der Waals surface area contributed by atoms with Gasteiger partial charge in [-0.05, 0) is 26.7 Å². The number of rotatable bonds is 8. The van der Waals surface area contributed by atoms with Crippen LogP contribution in [0.4, 0.5) is 0 Å². The van der Waals surface area contributed by atoms with Gasteiger partial charge in [0.15, 0.2) is 11.6 Å². The first-order valence-electron chi connectivity index (χ1n) is 8.69. The summed E-state index contributed by atoms with van der Waals surface area (Å²) >= 11 is 0. The standard InChI is InChI=1S/C16H25N5O3/c1-4-12-19-15(21-23-12)16(8-6-7-9-16)17-10-13-18-14(20-24-13)11(3)22-5-2/h11,17H,4-10H2,1-3H3/t11-/m1/s1. The van der Waals surface area contributed by atoms with E-state index in [9.17, 15) is 0 Å². The Kier molecular flexibility index (Phi) is 5.25. The van der Waals surface area contributed by atoms with Crippen LogP contribution < -0.4 is 5.32 Å². The van der Waals surface area contributed by atoms with E-state index in [-0.39, 0.29) is 11.6 Å². The van der Waals surface area contributed by atoms with Crippen LogP contribution in [0.2, 0.25) is 0 Å². The predicted octanol–water partition coefficient (Wildman–Crippen LogP) is 2.67. The first-order valence-corrected chi connectivity index (χ1v) is 8.69. The van der Waals surface area contributed by atoms with Crippen molar-refractivity contribution in [1.29, 1.82) is 0 Å².